The molecule has 0 amide bonds. The number of methoxy groups -OCH3 is 1. The van der Waals surface area contributed by atoms with E-state index in [1.165, 1.54) is 0 Å². The third-order valence-electron chi connectivity index (χ3n) is 2.80. The summed E-state index contributed by atoms with van der Waals surface area (Å²) in [6.07, 6.45) is 0.798. The fourth-order valence-corrected chi connectivity index (χ4v) is 1.69. The van der Waals surface area contributed by atoms with Crippen molar-refractivity contribution < 1.29 is 19.4 Å². The number of ether oxygens (including phenoxy) is 3. The molecule has 1 rings (SSSR count). The molecule has 5 heteroatoms. The Balaban J connectivity index is 2.43. The van der Waals surface area contributed by atoms with Gasteiger partial charge in [-0.1, -0.05) is 16.8 Å². The number of hydrogen-bond acceptors (Lipinski definition) is 5. The van der Waals surface area contributed by atoms with Crippen molar-refractivity contribution >= 4 is 5.71 Å². The van der Waals surface area contributed by atoms with E-state index >= 15 is 0 Å². The van der Waals surface area contributed by atoms with E-state index in [4.69, 9.17) is 19.4 Å². The van der Waals surface area contributed by atoms with Gasteiger partial charge < -0.3 is 19.4 Å². The minimum Gasteiger partial charge on any atom is -0.493 e. The summed E-state index contributed by atoms with van der Waals surface area (Å²) in [7, 11) is 1.65. The van der Waals surface area contributed by atoms with Crippen molar-refractivity contribution in [2.24, 2.45) is 5.16 Å². The summed E-state index contributed by atoms with van der Waals surface area (Å²) in [5.41, 5.74) is 2.45. The van der Waals surface area contributed by atoms with E-state index in [1.54, 1.807) is 14.0 Å². The smallest absolute Gasteiger partial charge is 0.128 e. The average molecular weight is 281 g/mol. The first kappa shape index (κ1) is 16.5. The van der Waals surface area contributed by atoms with Gasteiger partial charge in [0.05, 0.1) is 25.5 Å². The maximum atomic E-state index is 8.90. The van der Waals surface area contributed by atoms with Crippen LogP contribution in [0, 0.1) is 6.92 Å². The van der Waals surface area contributed by atoms with Crippen LogP contribution >= 0.6 is 0 Å². The molecule has 20 heavy (non-hydrogen) atoms. The van der Waals surface area contributed by atoms with Gasteiger partial charge in [0.2, 0.25) is 0 Å². The van der Waals surface area contributed by atoms with Crippen LogP contribution in [0.4, 0.5) is 0 Å². The Morgan fingerprint density at radius 3 is 2.70 bits per heavy atom. The molecule has 0 heterocycles. The molecule has 0 bridgehead atoms. The summed E-state index contributed by atoms with van der Waals surface area (Å²) in [6, 6.07) is 5.81. The first-order valence-electron chi connectivity index (χ1n) is 6.68. The lowest BCUT2D eigenvalue weighted by Crippen LogP contribution is -2.08. The summed E-state index contributed by atoms with van der Waals surface area (Å²) in [5, 5.41) is 12.1. The van der Waals surface area contributed by atoms with E-state index in [-0.39, 0.29) is 0 Å². The van der Waals surface area contributed by atoms with E-state index in [0.717, 1.165) is 23.3 Å². The highest BCUT2D eigenvalue weighted by Gasteiger charge is 2.07. The molecule has 0 unspecified atom stereocenters. The van der Waals surface area contributed by atoms with Crippen molar-refractivity contribution in [3.8, 4) is 5.75 Å². The molecule has 0 fully saturated rings. The second-order valence-electron chi connectivity index (χ2n) is 4.49. The Hall–Kier alpha value is -1.59. The summed E-state index contributed by atoms with van der Waals surface area (Å²) in [4.78, 5) is 0. The van der Waals surface area contributed by atoms with Crippen molar-refractivity contribution in [1.82, 2.24) is 0 Å². The number of oxime groups is 1. The molecule has 0 aromatic heterocycles. The minimum absolute atomic E-state index is 0.542. The lowest BCUT2D eigenvalue weighted by atomic mass is 10.1. The monoisotopic (exact) mass is 281 g/mol. The summed E-state index contributed by atoms with van der Waals surface area (Å²) < 4.78 is 16.0. The van der Waals surface area contributed by atoms with E-state index in [2.05, 4.69) is 5.16 Å². The van der Waals surface area contributed by atoms with Crippen LogP contribution in [0.25, 0.3) is 0 Å². The molecule has 0 spiro atoms. The van der Waals surface area contributed by atoms with E-state index < -0.39 is 0 Å². The topological polar surface area (TPSA) is 60.3 Å². The number of aryl methyl sites for hydroxylation is 1. The minimum atomic E-state index is 0.542. The Labute approximate surface area is 120 Å². The van der Waals surface area contributed by atoms with Gasteiger partial charge in [-0.25, -0.2) is 0 Å². The molecule has 0 radical (unpaired) electrons. The highest BCUT2D eigenvalue weighted by molar-refractivity contribution is 6.00. The predicted molar refractivity (Wildman–Crippen MR) is 78.0 cm³/mol. The molecule has 5 nitrogen and oxygen atoms in total. The number of hydrogen-bond donors (Lipinski definition) is 1. The fourth-order valence-electron chi connectivity index (χ4n) is 1.69. The third-order valence-corrected chi connectivity index (χ3v) is 2.80. The quantitative estimate of drug-likeness (QED) is 0.327. The van der Waals surface area contributed by atoms with Gasteiger partial charge in [-0.15, -0.1) is 0 Å². The highest BCUT2D eigenvalue weighted by atomic mass is 16.5. The molecule has 0 saturated heterocycles. The molecule has 112 valence electrons. The van der Waals surface area contributed by atoms with Crippen LogP contribution in [0.3, 0.4) is 0 Å². The summed E-state index contributed by atoms with van der Waals surface area (Å²) >= 11 is 0. The zero-order valence-corrected chi connectivity index (χ0v) is 12.4. The van der Waals surface area contributed by atoms with Crippen molar-refractivity contribution in [2.75, 3.05) is 33.5 Å². The SMILES string of the molecule is COCCOCCCOc1ccc(C)cc1/C(C)=N/O. The van der Waals surface area contributed by atoms with Gasteiger partial charge in [0.1, 0.15) is 5.75 Å². The van der Waals surface area contributed by atoms with Gasteiger partial charge >= 0.3 is 0 Å². The van der Waals surface area contributed by atoms with Crippen LogP contribution < -0.4 is 4.74 Å². The van der Waals surface area contributed by atoms with Gasteiger partial charge in [-0.3, -0.25) is 0 Å². The molecule has 0 atom stereocenters. The number of benzene rings is 1. The zero-order chi connectivity index (χ0) is 14.8. The second-order valence-corrected chi connectivity index (χ2v) is 4.49. The van der Waals surface area contributed by atoms with Gasteiger partial charge in [0, 0.05) is 25.7 Å². The molecule has 0 aliphatic carbocycles. The summed E-state index contributed by atoms with van der Waals surface area (Å²) in [5.74, 6) is 0.725. The Bertz CT molecular complexity index is 432. The number of nitrogens with zero attached hydrogens (tertiary/aromatic N) is 1. The Morgan fingerprint density at radius 2 is 2.00 bits per heavy atom. The van der Waals surface area contributed by atoms with Crippen LogP contribution in [-0.4, -0.2) is 44.5 Å². The molecule has 0 aliphatic rings. The Kier molecular flexibility index (Phi) is 7.69. The fraction of sp³-hybridized carbons (Fsp3) is 0.533. The second kappa shape index (κ2) is 9.34. The van der Waals surface area contributed by atoms with Crippen LogP contribution in [0.1, 0.15) is 24.5 Å². The van der Waals surface area contributed by atoms with Gasteiger partial charge in [0.15, 0.2) is 0 Å². The molecule has 1 N–H and O–H groups in total. The van der Waals surface area contributed by atoms with Gasteiger partial charge in [-0.2, -0.15) is 0 Å². The van der Waals surface area contributed by atoms with Crippen LogP contribution in [0.5, 0.6) is 5.75 Å². The van der Waals surface area contributed by atoms with E-state index in [1.807, 2.05) is 25.1 Å². The summed E-state index contributed by atoms with van der Waals surface area (Å²) in [6.45, 7) is 6.13. The lowest BCUT2D eigenvalue weighted by molar-refractivity contribution is 0.0644. The zero-order valence-electron chi connectivity index (χ0n) is 12.4. The first-order valence-corrected chi connectivity index (χ1v) is 6.68. The standard InChI is InChI=1S/C15H23NO4/c1-12-5-6-15(14(11-12)13(2)16-17)20-8-4-7-19-10-9-18-3/h5-6,11,17H,4,7-10H2,1-3H3/b16-13+. The molecular formula is C15H23NO4. The molecular weight excluding hydrogens is 258 g/mol. The van der Waals surface area contributed by atoms with E-state index in [0.29, 0.717) is 32.1 Å². The molecule has 1 aromatic rings. The average Bonchev–Trinajstić information content (AvgIpc) is 2.46. The van der Waals surface area contributed by atoms with Crippen molar-refractivity contribution in [3.05, 3.63) is 29.3 Å². The molecule has 0 aliphatic heterocycles. The maximum absolute atomic E-state index is 8.90. The normalized spacial score (nSPS) is 11.7. The van der Waals surface area contributed by atoms with Crippen LogP contribution in [0.15, 0.2) is 23.4 Å². The van der Waals surface area contributed by atoms with Crippen molar-refractivity contribution in [2.45, 2.75) is 20.3 Å². The largest absolute Gasteiger partial charge is 0.493 e. The van der Waals surface area contributed by atoms with E-state index in [9.17, 15) is 0 Å². The number of rotatable bonds is 9. The van der Waals surface area contributed by atoms with Crippen LogP contribution in [-0.2, 0) is 9.47 Å². The molecule has 1 aromatic carbocycles. The van der Waals surface area contributed by atoms with Gasteiger partial charge in [0.25, 0.3) is 0 Å². The predicted octanol–water partition coefficient (Wildman–Crippen LogP) is 2.63. The first-order chi connectivity index (χ1) is 9.69. The van der Waals surface area contributed by atoms with Crippen molar-refractivity contribution in [3.63, 3.8) is 0 Å². The highest BCUT2D eigenvalue weighted by Crippen LogP contribution is 2.21. The maximum Gasteiger partial charge on any atom is 0.128 e. The van der Waals surface area contributed by atoms with Crippen molar-refractivity contribution in [1.29, 1.82) is 0 Å². The third kappa shape index (κ3) is 5.59. The van der Waals surface area contributed by atoms with Crippen LogP contribution in [0.2, 0.25) is 0 Å². The van der Waals surface area contributed by atoms with Gasteiger partial charge in [-0.05, 0) is 26.0 Å². The Morgan fingerprint density at radius 1 is 1.20 bits per heavy atom. The lowest BCUT2D eigenvalue weighted by Gasteiger charge is -2.11. The molecule has 0 saturated carbocycles.